The number of methoxy groups -OCH3 is 2. The first kappa shape index (κ1) is 56.2. The van der Waals surface area contributed by atoms with E-state index >= 15 is 0 Å². The zero-order chi connectivity index (χ0) is 35.9. The molecule has 2 saturated heterocycles. The van der Waals surface area contributed by atoms with Crippen molar-refractivity contribution in [2.24, 2.45) is 22.7 Å². The van der Waals surface area contributed by atoms with Crippen LogP contribution in [0.3, 0.4) is 0 Å². The second-order valence-corrected chi connectivity index (χ2v) is 16.9. The standard InChI is InChI=1S/C15H24O4.C14H22O5.2C5H10.4CH3.Ti/c1-9-7-15(8-9)10(2)11(12(17-6)19-15)18-13(16)14(3,4)5;1-8-10(18-12(16)13(2,3)4)11(17-5)19-14(8)6-9(15)7-14;2*1-2-4-5-3-1;;;;;/h10-12H,1,7-8H2,2-6H3;8,10-11H,6-7H2,1-5H3;2*1-5H2;4*1H3;/q;;;;4*-1;+4/t10-,11?,12+;8-,10?,11+;;;;;;;/m00......./s1. The topological polar surface area (TPSA) is 107 Å². The minimum absolute atomic E-state index is 0. The number of hydrogen-bond acceptors (Lipinski definition) is 9. The van der Waals surface area contributed by atoms with Gasteiger partial charge in [0.05, 0.1) is 22.0 Å². The molecule has 0 radical (unpaired) electrons. The fourth-order valence-electron chi connectivity index (χ4n) is 7.15. The minimum Gasteiger partial charge on any atom is -0.456 e. The molecule has 6 rings (SSSR count). The van der Waals surface area contributed by atoms with Gasteiger partial charge in [0.25, 0.3) is 0 Å². The van der Waals surface area contributed by atoms with Gasteiger partial charge in [0.2, 0.25) is 0 Å². The number of esters is 2. The Morgan fingerprint density at radius 1 is 0.604 bits per heavy atom. The molecule has 0 aromatic carbocycles. The molecule has 0 amide bonds. The summed E-state index contributed by atoms with van der Waals surface area (Å²) in [7, 11) is 3.11. The normalized spacial score (nSPS) is 28.4. The van der Waals surface area contributed by atoms with E-state index in [1.54, 1.807) is 27.9 Å². The van der Waals surface area contributed by atoms with E-state index in [4.69, 9.17) is 28.4 Å². The molecule has 2 spiro atoms. The first-order valence-electron chi connectivity index (χ1n) is 18.4. The van der Waals surface area contributed by atoms with Crippen LogP contribution in [0.15, 0.2) is 12.2 Å². The Balaban J connectivity index is -0.000000692. The smallest absolute Gasteiger partial charge is 0.456 e. The summed E-state index contributed by atoms with van der Waals surface area (Å²) >= 11 is 0. The molecular weight excluding hydrogens is 708 g/mol. The number of ether oxygens (including phenoxy) is 6. The van der Waals surface area contributed by atoms with Crippen molar-refractivity contribution in [1.82, 2.24) is 0 Å². The van der Waals surface area contributed by atoms with Crippen molar-refractivity contribution in [3.63, 3.8) is 0 Å². The van der Waals surface area contributed by atoms with Crippen LogP contribution in [-0.2, 0) is 64.5 Å². The van der Waals surface area contributed by atoms with Gasteiger partial charge in [-0.1, -0.05) is 90.2 Å². The van der Waals surface area contributed by atoms with Gasteiger partial charge in [0, 0.05) is 38.9 Å². The zero-order valence-electron chi connectivity index (χ0n) is 36.2. The SMILES string of the molecule is C1CCCC1.C1CCCC1.C=C1CC2(C1)O[C@@H](OC)C(OC(=O)C(C)(C)C)[C@@H]2C.CO[C@@H]1OC2(CC(=O)C2)[C@@H](C)C1OC(=O)C(C)(C)C.[CH3-].[CH3-].[CH3-].[CH3-].[Ti+4]. The molecule has 6 atom stereocenters. The van der Waals surface area contributed by atoms with E-state index in [0.29, 0.717) is 12.8 Å². The molecule has 2 heterocycles. The van der Waals surface area contributed by atoms with Crippen LogP contribution in [0, 0.1) is 52.4 Å². The quantitative estimate of drug-likeness (QED) is 0.119. The monoisotopic (exact) mass is 787 g/mol. The second kappa shape index (κ2) is 23.9. The average Bonchev–Trinajstić information content (AvgIpc) is 3.81. The van der Waals surface area contributed by atoms with Gasteiger partial charge >= 0.3 is 33.7 Å². The number of ketones is 1. The summed E-state index contributed by atoms with van der Waals surface area (Å²) < 4.78 is 33.6. The number of carbonyl (C=O) groups excluding carboxylic acids is 3. The van der Waals surface area contributed by atoms with E-state index < -0.39 is 35.1 Å². The van der Waals surface area contributed by atoms with Crippen molar-refractivity contribution >= 4 is 17.7 Å². The summed E-state index contributed by atoms with van der Waals surface area (Å²) in [4.78, 5) is 35.3. The van der Waals surface area contributed by atoms with E-state index in [1.807, 2.05) is 27.7 Å². The second-order valence-electron chi connectivity index (χ2n) is 16.9. The Hall–Kier alpha value is -1.10. The summed E-state index contributed by atoms with van der Waals surface area (Å²) in [5, 5.41) is 0. The van der Waals surface area contributed by atoms with Crippen LogP contribution in [0.5, 0.6) is 0 Å². The first-order chi connectivity index (χ1) is 22.4. The molecule has 10 heteroatoms. The predicted octanol–water partition coefficient (Wildman–Crippen LogP) is 10.1. The van der Waals surface area contributed by atoms with Crippen LogP contribution < -0.4 is 0 Å². The third-order valence-electron chi connectivity index (χ3n) is 10.7. The predicted molar refractivity (Wildman–Crippen MR) is 211 cm³/mol. The number of Topliss-reactive ketones (excluding diaryl/α,β-unsaturated/α-hetero) is 1. The van der Waals surface area contributed by atoms with Crippen LogP contribution >= 0.6 is 0 Å². The van der Waals surface area contributed by atoms with Gasteiger partial charge in [0.1, 0.15) is 5.78 Å². The van der Waals surface area contributed by atoms with Crippen molar-refractivity contribution in [3.05, 3.63) is 41.9 Å². The van der Waals surface area contributed by atoms with Gasteiger partial charge < -0.3 is 58.1 Å². The molecule has 308 valence electrons. The molecule has 53 heavy (non-hydrogen) atoms. The van der Waals surface area contributed by atoms with Gasteiger partial charge in [-0.2, -0.15) is 0 Å². The third kappa shape index (κ3) is 14.7. The largest absolute Gasteiger partial charge is 4.00 e. The van der Waals surface area contributed by atoms with Gasteiger partial charge in [-0.15, -0.1) is 0 Å². The summed E-state index contributed by atoms with van der Waals surface area (Å²) in [6, 6.07) is 0. The molecule has 4 aliphatic carbocycles. The Morgan fingerprint density at radius 3 is 1.08 bits per heavy atom. The van der Waals surface area contributed by atoms with Crippen molar-refractivity contribution in [1.29, 1.82) is 0 Å². The summed E-state index contributed by atoms with van der Waals surface area (Å²) in [5.74, 6) is -0.233. The molecule has 6 aliphatic rings. The van der Waals surface area contributed by atoms with Crippen molar-refractivity contribution < 1.29 is 64.5 Å². The van der Waals surface area contributed by atoms with Gasteiger partial charge in [-0.05, 0) is 54.4 Å². The maximum Gasteiger partial charge on any atom is 4.00 e. The molecule has 4 saturated carbocycles. The number of hydrogen-bond donors (Lipinski definition) is 0. The van der Waals surface area contributed by atoms with E-state index in [0.717, 1.165) is 12.8 Å². The van der Waals surface area contributed by atoms with Gasteiger partial charge in [0.15, 0.2) is 24.8 Å². The van der Waals surface area contributed by atoms with Crippen LogP contribution in [0.2, 0.25) is 0 Å². The summed E-state index contributed by atoms with van der Waals surface area (Å²) in [6.07, 6.45) is 15.6. The van der Waals surface area contributed by atoms with Crippen molar-refractivity contribution in [2.45, 2.75) is 181 Å². The minimum atomic E-state index is -0.589. The molecule has 2 aliphatic heterocycles. The van der Waals surface area contributed by atoms with Crippen LogP contribution in [0.4, 0.5) is 0 Å². The number of rotatable bonds is 4. The van der Waals surface area contributed by atoms with Crippen molar-refractivity contribution in [3.8, 4) is 0 Å². The molecule has 2 unspecified atom stereocenters. The van der Waals surface area contributed by atoms with Crippen molar-refractivity contribution in [2.75, 3.05) is 14.2 Å². The Morgan fingerprint density at radius 2 is 0.868 bits per heavy atom. The Kier molecular flexibility index (Phi) is 25.3. The molecule has 0 N–H and O–H groups in total. The molecule has 6 fully saturated rings. The Labute approximate surface area is 341 Å². The van der Waals surface area contributed by atoms with Gasteiger partial charge in [-0.25, -0.2) is 0 Å². The maximum absolute atomic E-state index is 12.1. The third-order valence-corrected chi connectivity index (χ3v) is 10.7. The fourth-order valence-corrected chi connectivity index (χ4v) is 7.15. The van der Waals surface area contributed by atoms with Crippen LogP contribution in [0.25, 0.3) is 0 Å². The van der Waals surface area contributed by atoms with Crippen LogP contribution in [0.1, 0.15) is 145 Å². The number of carbonyl (C=O) groups is 3. The molecule has 0 aromatic rings. The maximum atomic E-state index is 12.1. The molecule has 0 bridgehead atoms. The van der Waals surface area contributed by atoms with E-state index in [-0.39, 0.29) is 92.7 Å². The fraction of sp³-hybridized carbons (Fsp3) is 0.791. The van der Waals surface area contributed by atoms with Gasteiger partial charge in [-0.3, -0.25) is 14.4 Å². The van der Waals surface area contributed by atoms with E-state index in [2.05, 4.69) is 13.5 Å². The first-order valence-corrected chi connectivity index (χ1v) is 18.4. The molecule has 0 aromatic heterocycles. The summed E-state index contributed by atoms with van der Waals surface area (Å²) in [5.41, 5.74) is -0.647. The Bertz CT molecular complexity index is 983. The zero-order valence-corrected chi connectivity index (χ0v) is 37.8. The summed E-state index contributed by atoms with van der Waals surface area (Å²) in [6.45, 7) is 18.9. The van der Waals surface area contributed by atoms with E-state index in [9.17, 15) is 14.4 Å². The molecule has 9 nitrogen and oxygen atoms in total. The molecular formula is C43H78O9Ti. The van der Waals surface area contributed by atoms with E-state index in [1.165, 1.54) is 76.9 Å². The average molecular weight is 787 g/mol. The van der Waals surface area contributed by atoms with Crippen LogP contribution in [-0.4, -0.2) is 67.9 Å².